The molecule has 34 heavy (non-hydrogen) atoms. The first kappa shape index (κ1) is 25.9. The summed E-state index contributed by atoms with van der Waals surface area (Å²) < 4.78 is 6.23. The van der Waals surface area contributed by atoms with Gasteiger partial charge in [0.1, 0.15) is 0 Å². The van der Waals surface area contributed by atoms with Gasteiger partial charge < -0.3 is 20.5 Å². The van der Waals surface area contributed by atoms with Crippen LogP contribution in [0.25, 0.3) is 11.1 Å². The minimum absolute atomic E-state index is 0.0220. The van der Waals surface area contributed by atoms with E-state index in [-0.39, 0.29) is 30.0 Å². The minimum Gasteiger partial charge on any atom is -0.478 e. The average Bonchev–Trinajstić information content (AvgIpc) is 2.83. The summed E-state index contributed by atoms with van der Waals surface area (Å²) in [5.74, 6) is -1.16. The lowest BCUT2D eigenvalue weighted by Gasteiger charge is -2.38. The first-order chi connectivity index (χ1) is 16.3. The zero-order chi connectivity index (χ0) is 24.7. The van der Waals surface area contributed by atoms with Gasteiger partial charge in [-0.05, 0) is 48.1 Å². The van der Waals surface area contributed by atoms with Gasteiger partial charge in [0, 0.05) is 30.1 Å². The van der Waals surface area contributed by atoms with Crippen LogP contribution in [0, 0.1) is 0 Å². The molecule has 0 bridgehead atoms. The Labute approximate surface area is 206 Å². The predicted molar refractivity (Wildman–Crippen MR) is 135 cm³/mol. The first-order valence-electron chi connectivity index (χ1n) is 11.8. The number of halogens is 1. The van der Waals surface area contributed by atoms with Crippen molar-refractivity contribution in [1.82, 2.24) is 10.6 Å². The van der Waals surface area contributed by atoms with Crippen LogP contribution >= 0.6 is 11.6 Å². The van der Waals surface area contributed by atoms with Crippen LogP contribution in [-0.4, -0.2) is 41.3 Å². The topological polar surface area (TPSA) is 87.7 Å². The van der Waals surface area contributed by atoms with Crippen molar-refractivity contribution >= 4 is 23.5 Å². The van der Waals surface area contributed by atoms with Gasteiger partial charge in [0.05, 0.1) is 18.2 Å². The van der Waals surface area contributed by atoms with Crippen LogP contribution in [0.4, 0.5) is 0 Å². The summed E-state index contributed by atoms with van der Waals surface area (Å²) in [6.45, 7) is 5.95. The number of carbonyl (C=O) groups is 2. The molecular formula is C27H33ClN2O4. The normalized spacial score (nSPS) is 20.1. The van der Waals surface area contributed by atoms with Crippen molar-refractivity contribution in [2.45, 2.75) is 70.9 Å². The molecule has 0 heterocycles. The number of aliphatic carboxylic acids is 1. The Bertz CT molecular complexity index is 1020. The van der Waals surface area contributed by atoms with Crippen molar-refractivity contribution in [2.24, 2.45) is 0 Å². The van der Waals surface area contributed by atoms with Gasteiger partial charge in [0.25, 0.3) is 0 Å². The molecule has 6 nitrogen and oxygen atoms in total. The Morgan fingerprint density at radius 1 is 1.12 bits per heavy atom. The summed E-state index contributed by atoms with van der Waals surface area (Å²) in [5, 5.41) is 16.7. The molecule has 0 aliphatic heterocycles. The summed E-state index contributed by atoms with van der Waals surface area (Å²) in [7, 11) is 0. The Kier molecular flexibility index (Phi) is 9.28. The second-order valence-electron chi connectivity index (χ2n) is 8.63. The van der Waals surface area contributed by atoms with Gasteiger partial charge >= 0.3 is 5.97 Å². The van der Waals surface area contributed by atoms with Crippen molar-refractivity contribution in [2.75, 3.05) is 0 Å². The minimum atomic E-state index is -0.975. The summed E-state index contributed by atoms with van der Waals surface area (Å²) in [5.41, 5.74) is 3.28. The number of ether oxygens (including phenoxy) is 1. The SMILES string of the molecule is CCC(CC)O[C@@H]1C=C(C(=O)O)C[C@H](NCc2ccc(-c3ccccc3)cc2Cl)[C@H]1NC(C)=O. The van der Waals surface area contributed by atoms with Crippen molar-refractivity contribution in [3.05, 3.63) is 70.8 Å². The van der Waals surface area contributed by atoms with Gasteiger partial charge in [-0.25, -0.2) is 4.79 Å². The molecule has 3 atom stereocenters. The second kappa shape index (κ2) is 12.2. The molecule has 2 aromatic rings. The molecule has 0 radical (unpaired) electrons. The predicted octanol–water partition coefficient (Wildman–Crippen LogP) is 4.96. The molecule has 0 unspecified atom stereocenters. The fraction of sp³-hybridized carbons (Fsp3) is 0.407. The number of benzene rings is 2. The third-order valence-electron chi connectivity index (χ3n) is 6.21. The Morgan fingerprint density at radius 3 is 2.41 bits per heavy atom. The van der Waals surface area contributed by atoms with E-state index in [1.807, 2.05) is 62.4 Å². The molecule has 0 saturated carbocycles. The summed E-state index contributed by atoms with van der Waals surface area (Å²) in [6.07, 6.45) is 2.95. The number of amides is 1. The molecule has 2 aromatic carbocycles. The molecule has 1 aliphatic carbocycles. The van der Waals surface area contributed by atoms with E-state index < -0.39 is 18.1 Å². The van der Waals surface area contributed by atoms with Crippen molar-refractivity contribution in [3.63, 3.8) is 0 Å². The number of rotatable bonds is 10. The lowest BCUT2D eigenvalue weighted by atomic mass is 9.87. The lowest BCUT2D eigenvalue weighted by Crippen LogP contribution is -2.58. The smallest absolute Gasteiger partial charge is 0.331 e. The van der Waals surface area contributed by atoms with Crippen LogP contribution in [-0.2, 0) is 20.9 Å². The van der Waals surface area contributed by atoms with Gasteiger partial charge in [0.15, 0.2) is 0 Å². The molecule has 3 N–H and O–H groups in total. The molecule has 7 heteroatoms. The lowest BCUT2D eigenvalue weighted by molar-refractivity contribution is -0.133. The maximum Gasteiger partial charge on any atom is 0.331 e. The molecule has 0 saturated heterocycles. The standard InChI is InChI=1S/C27H33ClN2O4/c1-4-22(5-2)34-25-15-21(27(32)33)14-24(26(25)30-17(3)31)29-16-20-12-11-19(13-23(20)28)18-9-7-6-8-10-18/h6-13,15,22,24-26,29H,4-5,14,16H2,1-3H3,(H,30,31)(H,32,33)/t24-,25+,26+/m0/s1. The van der Waals surface area contributed by atoms with E-state index in [0.717, 1.165) is 29.5 Å². The monoisotopic (exact) mass is 484 g/mol. The molecule has 182 valence electrons. The Balaban J connectivity index is 1.81. The maximum absolute atomic E-state index is 12.0. The summed E-state index contributed by atoms with van der Waals surface area (Å²) in [4.78, 5) is 23.8. The first-order valence-corrected chi connectivity index (χ1v) is 12.1. The van der Waals surface area contributed by atoms with E-state index in [9.17, 15) is 14.7 Å². The zero-order valence-corrected chi connectivity index (χ0v) is 20.6. The van der Waals surface area contributed by atoms with E-state index >= 15 is 0 Å². The third-order valence-corrected chi connectivity index (χ3v) is 6.56. The van der Waals surface area contributed by atoms with E-state index in [2.05, 4.69) is 10.6 Å². The van der Waals surface area contributed by atoms with Crippen LogP contribution in [0.3, 0.4) is 0 Å². The molecule has 3 rings (SSSR count). The van der Waals surface area contributed by atoms with Gasteiger partial charge in [-0.1, -0.05) is 67.9 Å². The molecule has 0 aromatic heterocycles. The highest BCUT2D eigenvalue weighted by Gasteiger charge is 2.37. The van der Waals surface area contributed by atoms with Crippen molar-refractivity contribution in [3.8, 4) is 11.1 Å². The summed E-state index contributed by atoms with van der Waals surface area (Å²) in [6, 6.07) is 15.2. The van der Waals surface area contributed by atoms with Gasteiger partial charge in [-0.15, -0.1) is 0 Å². The van der Waals surface area contributed by atoms with E-state index in [1.165, 1.54) is 6.92 Å². The number of hydrogen-bond donors (Lipinski definition) is 3. The molecule has 1 aliphatic rings. The van der Waals surface area contributed by atoms with Crippen LogP contribution in [0.5, 0.6) is 0 Å². The van der Waals surface area contributed by atoms with Crippen molar-refractivity contribution < 1.29 is 19.4 Å². The molecule has 1 amide bonds. The number of nitrogens with one attached hydrogen (secondary N) is 2. The highest BCUT2D eigenvalue weighted by atomic mass is 35.5. The highest BCUT2D eigenvalue weighted by Crippen LogP contribution is 2.28. The molecule has 0 spiro atoms. The van der Waals surface area contributed by atoms with Crippen molar-refractivity contribution in [1.29, 1.82) is 0 Å². The number of carboxylic acids is 1. The third kappa shape index (κ3) is 6.69. The van der Waals surface area contributed by atoms with Crippen LogP contribution in [0.15, 0.2) is 60.2 Å². The number of carboxylic acid groups (broad SMARTS) is 1. The van der Waals surface area contributed by atoms with Crippen LogP contribution < -0.4 is 10.6 Å². The van der Waals surface area contributed by atoms with Gasteiger partial charge in [-0.3, -0.25) is 4.79 Å². The van der Waals surface area contributed by atoms with E-state index in [4.69, 9.17) is 16.3 Å². The highest BCUT2D eigenvalue weighted by molar-refractivity contribution is 6.31. The van der Waals surface area contributed by atoms with Crippen LogP contribution in [0.1, 0.15) is 45.6 Å². The van der Waals surface area contributed by atoms with E-state index in [1.54, 1.807) is 6.08 Å². The quantitative estimate of drug-likeness (QED) is 0.443. The second-order valence-corrected chi connectivity index (χ2v) is 9.03. The number of hydrogen-bond acceptors (Lipinski definition) is 4. The number of carbonyl (C=O) groups excluding carboxylic acids is 1. The van der Waals surface area contributed by atoms with Gasteiger partial charge in [-0.2, -0.15) is 0 Å². The van der Waals surface area contributed by atoms with Crippen LogP contribution in [0.2, 0.25) is 5.02 Å². The Morgan fingerprint density at radius 2 is 1.82 bits per heavy atom. The molecular weight excluding hydrogens is 452 g/mol. The summed E-state index contributed by atoms with van der Waals surface area (Å²) >= 11 is 6.59. The fourth-order valence-electron chi connectivity index (χ4n) is 4.31. The molecule has 0 fully saturated rings. The average molecular weight is 485 g/mol. The zero-order valence-electron chi connectivity index (χ0n) is 19.9. The van der Waals surface area contributed by atoms with Gasteiger partial charge in [0.2, 0.25) is 5.91 Å². The Hall–Kier alpha value is -2.67. The fourth-order valence-corrected chi connectivity index (χ4v) is 4.55. The van der Waals surface area contributed by atoms with E-state index in [0.29, 0.717) is 11.6 Å². The largest absolute Gasteiger partial charge is 0.478 e. The maximum atomic E-state index is 12.0.